The minimum atomic E-state index is -4.40. The van der Waals surface area contributed by atoms with Crippen LogP contribution in [0.3, 0.4) is 0 Å². The Bertz CT molecular complexity index is 1610. The van der Waals surface area contributed by atoms with Crippen molar-refractivity contribution in [3.05, 3.63) is 45.9 Å². The van der Waals surface area contributed by atoms with Gasteiger partial charge in [0.2, 0.25) is 0 Å². The summed E-state index contributed by atoms with van der Waals surface area (Å²) in [4.78, 5) is 41.7. The van der Waals surface area contributed by atoms with Gasteiger partial charge in [-0.25, -0.2) is 14.0 Å². The van der Waals surface area contributed by atoms with E-state index in [-0.39, 0.29) is 60.4 Å². The molecule has 2 atom stereocenters. The molecule has 0 radical (unpaired) electrons. The summed E-state index contributed by atoms with van der Waals surface area (Å²) in [5.41, 5.74) is -0.812. The van der Waals surface area contributed by atoms with Gasteiger partial charge in [0.05, 0.1) is 6.61 Å². The summed E-state index contributed by atoms with van der Waals surface area (Å²) in [7, 11) is -1.79. The number of carbonyl (C=O) groups excluding carboxylic acids is 3. The molecule has 1 saturated heterocycles. The maximum absolute atomic E-state index is 14.5. The quantitative estimate of drug-likeness (QED) is 0.202. The zero-order valence-corrected chi connectivity index (χ0v) is 31.3. The smallest absolute Gasteiger partial charge is 0.407 e. The lowest BCUT2D eigenvalue weighted by atomic mass is 10.0. The summed E-state index contributed by atoms with van der Waals surface area (Å²) in [5.74, 6) is -2.42. The third-order valence-electron chi connectivity index (χ3n) is 7.40. The Morgan fingerprint density at radius 2 is 1.78 bits per heavy atom. The zero-order chi connectivity index (χ0) is 37.4. The number of esters is 1. The Morgan fingerprint density at radius 1 is 1.12 bits per heavy atom. The van der Waals surface area contributed by atoms with Crippen molar-refractivity contribution in [2.45, 2.75) is 84.8 Å². The molecule has 0 saturated carbocycles. The van der Waals surface area contributed by atoms with Gasteiger partial charge in [-0.05, 0) is 78.1 Å². The molecule has 0 unspecified atom stereocenters. The number of halogens is 2. The number of anilines is 1. The highest BCUT2D eigenvalue weighted by atomic mass is 35.5. The fourth-order valence-electron chi connectivity index (χ4n) is 5.27. The van der Waals surface area contributed by atoms with E-state index < -0.39 is 58.0 Å². The first-order valence-electron chi connectivity index (χ1n) is 16.4. The second-order valence-electron chi connectivity index (χ2n) is 12.6. The van der Waals surface area contributed by atoms with Crippen molar-refractivity contribution in [2.24, 2.45) is 0 Å². The number of amides is 2. The molecule has 1 aliphatic heterocycles. The van der Waals surface area contributed by atoms with E-state index in [1.807, 2.05) is 0 Å². The molecule has 1 aliphatic rings. The van der Waals surface area contributed by atoms with Gasteiger partial charge in [0.25, 0.3) is 5.91 Å². The van der Waals surface area contributed by atoms with E-state index in [1.165, 1.54) is 32.3 Å². The van der Waals surface area contributed by atoms with Crippen LogP contribution in [0.15, 0.2) is 18.2 Å². The number of hydrogen-bond acceptors (Lipinski definition) is 11. The highest BCUT2D eigenvalue weighted by Crippen LogP contribution is 2.33. The Morgan fingerprint density at radius 3 is 2.36 bits per heavy atom. The van der Waals surface area contributed by atoms with Crippen LogP contribution in [0.2, 0.25) is 5.02 Å². The summed E-state index contributed by atoms with van der Waals surface area (Å²) in [5, 5.41) is 9.89. The fraction of sp³-hybridized carbons (Fsp3) is 0.625. The summed E-state index contributed by atoms with van der Waals surface area (Å²) in [6.45, 7) is 10.8. The van der Waals surface area contributed by atoms with Crippen molar-refractivity contribution in [3.8, 4) is 0 Å². The minimum Gasteiger partial charge on any atom is -0.464 e. The van der Waals surface area contributed by atoms with Crippen LogP contribution < -0.4 is 15.5 Å². The van der Waals surface area contributed by atoms with Crippen LogP contribution in [0.1, 0.15) is 76.0 Å². The van der Waals surface area contributed by atoms with Gasteiger partial charge in [0.15, 0.2) is 18.0 Å². The minimum absolute atomic E-state index is 0.00119. The molecule has 2 amide bonds. The number of carbonyl (C=O) groups is 3. The number of rotatable bonds is 15. The Balaban J connectivity index is 2.24. The molecule has 2 N–H and O–H groups in total. The Labute approximate surface area is 297 Å². The number of benzene rings is 1. The van der Waals surface area contributed by atoms with Crippen LogP contribution in [0, 0.1) is 5.82 Å². The third-order valence-corrected chi connectivity index (χ3v) is 9.38. The van der Waals surface area contributed by atoms with Crippen molar-refractivity contribution in [2.75, 3.05) is 51.9 Å². The maximum atomic E-state index is 14.5. The first kappa shape index (κ1) is 40.9. The number of nitrogens with one attached hydrogen (secondary N) is 2. The van der Waals surface area contributed by atoms with Crippen molar-refractivity contribution in [1.29, 1.82) is 0 Å². The molecule has 0 spiro atoms. The lowest BCUT2D eigenvalue weighted by Gasteiger charge is -2.35. The largest absolute Gasteiger partial charge is 0.464 e. The van der Waals surface area contributed by atoms with Crippen molar-refractivity contribution < 1.29 is 46.1 Å². The van der Waals surface area contributed by atoms with Crippen LogP contribution in [-0.4, -0.2) is 111 Å². The molecule has 1 aromatic heterocycles. The highest BCUT2D eigenvalue weighted by molar-refractivity contribution is 7.87. The van der Waals surface area contributed by atoms with Crippen molar-refractivity contribution in [1.82, 2.24) is 24.1 Å². The van der Waals surface area contributed by atoms with Crippen LogP contribution >= 0.6 is 11.6 Å². The summed E-state index contributed by atoms with van der Waals surface area (Å²) in [6, 6.07) is 1.75. The van der Waals surface area contributed by atoms with Crippen molar-refractivity contribution in [3.63, 3.8) is 0 Å². The van der Waals surface area contributed by atoms with Gasteiger partial charge in [-0.2, -0.15) is 12.7 Å². The molecule has 1 aromatic carbocycles. The molecule has 18 heteroatoms. The molecule has 0 bridgehead atoms. The van der Waals surface area contributed by atoms with Gasteiger partial charge >= 0.3 is 22.3 Å². The van der Waals surface area contributed by atoms with Gasteiger partial charge in [0.1, 0.15) is 17.2 Å². The fourth-order valence-corrected chi connectivity index (χ4v) is 6.39. The maximum Gasteiger partial charge on any atom is 0.407 e. The first-order chi connectivity index (χ1) is 23.4. The number of hydrogen-bond donors (Lipinski definition) is 2. The molecule has 15 nitrogen and oxygen atoms in total. The lowest BCUT2D eigenvalue weighted by Crippen LogP contribution is -2.52. The molecule has 3 rings (SSSR count). The van der Waals surface area contributed by atoms with E-state index in [4.69, 9.17) is 30.5 Å². The van der Waals surface area contributed by atoms with Gasteiger partial charge in [-0.3, -0.25) is 4.79 Å². The molecule has 2 heterocycles. The Hall–Kier alpha value is -3.51. The molecule has 1 fully saturated rings. The summed E-state index contributed by atoms with van der Waals surface area (Å²) in [6.07, 6.45) is -1.05. The van der Waals surface area contributed by atoms with Gasteiger partial charge in [0, 0.05) is 63.4 Å². The second kappa shape index (κ2) is 17.6. The SMILES string of the molecule is CCOC(=O)[C@@H](NC(=O)c1nn(S(=O)(=O)N(C)C)c(N2CCC[C@@H](NC(=O)OC(C)(C)C)C2)c1Cc1cc(F)ccc1Cl)C(OCC)OCC. The zero-order valence-electron chi connectivity index (χ0n) is 29.7. The number of nitrogens with zero attached hydrogens (tertiary/aromatic N) is 4. The van der Waals surface area contributed by atoms with Crippen LogP contribution in [0.5, 0.6) is 0 Å². The second-order valence-corrected chi connectivity index (χ2v) is 15.0. The molecule has 50 heavy (non-hydrogen) atoms. The topological polar surface area (TPSA) is 171 Å². The summed E-state index contributed by atoms with van der Waals surface area (Å²) >= 11 is 6.48. The number of piperidine rings is 1. The number of aromatic nitrogens is 2. The predicted molar refractivity (Wildman–Crippen MR) is 184 cm³/mol. The lowest BCUT2D eigenvalue weighted by molar-refractivity contribution is -0.177. The third kappa shape index (κ3) is 10.5. The average Bonchev–Trinajstić information content (AvgIpc) is 3.40. The van der Waals surface area contributed by atoms with Gasteiger partial charge < -0.3 is 34.5 Å². The van der Waals surface area contributed by atoms with E-state index in [2.05, 4.69) is 15.7 Å². The van der Waals surface area contributed by atoms with Crippen LogP contribution in [0.4, 0.5) is 15.0 Å². The standard InChI is InChI=1S/C32H48ClFN6O9S/c1-9-46-29(42)26(30(47-10-2)48-11-3)36-27(41)25-23(18-20-17-21(34)14-15-24(20)33)28(40(37-25)50(44,45)38(7)8)39-16-12-13-22(19-39)35-31(43)49-32(4,5)6/h14-15,17,22,26,30H,9-13,16,18-19H2,1-8H3,(H,35,43)(H,36,41)/t22-,26-/m1/s1. The number of alkyl carbamates (subject to hydrolysis) is 1. The van der Waals surface area contributed by atoms with Crippen LogP contribution in [0.25, 0.3) is 0 Å². The normalized spacial score (nSPS) is 16.0. The Kier molecular flexibility index (Phi) is 14.4. The molecular formula is C32H48ClFN6O9S. The van der Waals surface area contributed by atoms with E-state index in [1.54, 1.807) is 46.4 Å². The molecule has 2 aromatic rings. The van der Waals surface area contributed by atoms with E-state index >= 15 is 0 Å². The van der Waals surface area contributed by atoms with Crippen molar-refractivity contribution >= 4 is 45.6 Å². The average molecular weight is 747 g/mol. The van der Waals surface area contributed by atoms with E-state index in [9.17, 15) is 27.2 Å². The highest BCUT2D eigenvalue weighted by Gasteiger charge is 2.39. The van der Waals surface area contributed by atoms with E-state index in [0.717, 1.165) is 8.39 Å². The molecule has 280 valence electrons. The van der Waals surface area contributed by atoms with Gasteiger partial charge in [-0.15, -0.1) is 9.19 Å². The van der Waals surface area contributed by atoms with Crippen LogP contribution in [-0.2, 0) is 40.4 Å². The molecular weight excluding hydrogens is 699 g/mol. The number of ether oxygens (including phenoxy) is 4. The predicted octanol–water partition coefficient (Wildman–Crippen LogP) is 3.48. The van der Waals surface area contributed by atoms with Gasteiger partial charge in [-0.1, -0.05) is 11.6 Å². The summed E-state index contributed by atoms with van der Waals surface area (Å²) < 4.78 is 65.7. The first-order valence-corrected chi connectivity index (χ1v) is 18.1. The monoisotopic (exact) mass is 746 g/mol. The van der Waals surface area contributed by atoms with E-state index in [0.29, 0.717) is 19.4 Å². The molecule has 0 aliphatic carbocycles.